The minimum Gasteiger partial charge on any atom is -0.481 e. The number of anilines is 1. The van der Waals surface area contributed by atoms with E-state index in [1.165, 1.54) is 17.0 Å². The third-order valence-electron chi connectivity index (χ3n) is 3.39. The summed E-state index contributed by atoms with van der Waals surface area (Å²) in [5.41, 5.74) is 0.810. The van der Waals surface area contributed by atoms with Crippen LogP contribution in [0.4, 0.5) is 10.5 Å². The smallest absolute Gasteiger partial charge is 0.322 e. The van der Waals surface area contributed by atoms with Crippen LogP contribution >= 0.6 is 11.6 Å². The van der Waals surface area contributed by atoms with E-state index in [1.807, 2.05) is 6.07 Å². The number of hydrogen-bond donors (Lipinski definition) is 2. The quantitative estimate of drug-likeness (QED) is 0.897. The summed E-state index contributed by atoms with van der Waals surface area (Å²) >= 11 is 5.91. The highest BCUT2D eigenvalue weighted by atomic mass is 35.5. The third kappa shape index (κ3) is 3.64. The molecular formula is C14H14ClN3O3. The molecule has 21 heavy (non-hydrogen) atoms. The van der Waals surface area contributed by atoms with Crippen LogP contribution in [0.1, 0.15) is 24.8 Å². The molecule has 0 radical (unpaired) electrons. The van der Waals surface area contributed by atoms with Gasteiger partial charge in [0.15, 0.2) is 0 Å². The first-order valence-electron chi connectivity index (χ1n) is 6.50. The van der Waals surface area contributed by atoms with Crippen molar-refractivity contribution in [3.8, 4) is 6.07 Å². The zero-order valence-corrected chi connectivity index (χ0v) is 11.9. The lowest BCUT2D eigenvalue weighted by atomic mass is 10.1. The molecule has 0 saturated carbocycles. The van der Waals surface area contributed by atoms with Crippen LogP contribution in [0.15, 0.2) is 18.2 Å². The molecule has 2 amide bonds. The number of nitriles is 1. The molecule has 1 unspecified atom stereocenters. The van der Waals surface area contributed by atoms with E-state index in [1.54, 1.807) is 6.07 Å². The minimum atomic E-state index is -0.916. The molecule has 0 bridgehead atoms. The molecule has 0 aromatic heterocycles. The van der Waals surface area contributed by atoms with Crippen molar-refractivity contribution in [1.82, 2.24) is 4.90 Å². The lowest BCUT2D eigenvalue weighted by Gasteiger charge is -2.23. The van der Waals surface area contributed by atoms with Crippen molar-refractivity contribution in [2.24, 2.45) is 0 Å². The Balaban J connectivity index is 2.05. The molecule has 2 rings (SSSR count). The highest BCUT2D eigenvalue weighted by Gasteiger charge is 2.30. The summed E-state index contributed by atoms with van der Waals surface area (Å²) in [5.74, 6) is -0.916. The van der Waals surface area contributed by atoms with Gasteiger partial charge >= 0.3 is 12.0 Å². The van der Waals surface area contributed by atoms with Crippen molar-refractivity contribution in [1.29, 1.82) is 5.26 Å². The lowest BCUT2D eigenvalue weighted by molar-refractivity contribution is -0.137. The molecule has 7 heteroatoms. The number of nitrogens with zero attached hydrogens (tertiary/aromatic N) is 2. The first-order valence-corrected chi connectivity index (χ1v) is 6.88. The molecule has 2 N–H and O–H groups in total. The van der Waals surface area contributed by atoms with Crippen molar-refractivity contribution in [2.75, 3.05) is 11.9 Å². The zero-order valence-electron chi connectivity index (χ0n) is 11.2. The largest absolute Gasteiger partial charge is 0.481 e. The van der Waals surface area contributed by atoms with Gasteiger partial charge in [0, 0.05) is 18.3 Å². The Bertz CT molecular complexity index is 612. The van der Waals surface area contributed by atoms with Gasteiger partial charge in [-0.3, -0.25) is 4.79 Å². The van der Waals surface area contributed by atoms with Crippen LogP contribution in [0.2, 0.25) is 5.02 Å². The summed E-state index contributed by atoms with van der Waals surface area (Å²) in [6.07, 6.45) is 1.43. The average molecular weight is 308 g/mol. The van der Waals surface area contributed by atoms with Crippen LogP contribution in [0.3, 0.4) is 0 Å². The number of carboxylic acid groups (broad SMARTS) is 1. The van der Waals surface area contributed by atoms with Gasteiger partial charge in [0.2, 0.25) is 0 Å². The topological polar surface area (TPSA) is 93.4 Å². The van der Waals surface area contributed by atoms with E-state index in [-0.39, 0.29) is 23.5 Å². The molecule has 1 heterocycles. The van der Waals surface area contributed by atoms with Gasteiger partial charge in [0.05, 0.1) is 17.0 Å². The molecular weight excluding hydrogens is 294 g/mol. The summed E-state index contributed by atoms with van der Waals surface area (Å²) in [6.45, 7) is 0.536. The first kappa shape index (κ1) is 15.1. The number of halogens is 1. The summed E-state index contributed by atoms with van der Waals surface area (Å²) in [5, 5.41) is 20.6. The van der Waals surface area contributed by atoms with Crippen molar-refractivity contribution in [3.05, 3.63) is 28.8 Å². The van der Waals surface area contributed by atoms with Crippen LogP contribution in [-0.4, -0.2) is 34.6 Å². The number of carbonyl (C=O) groups excluding carboxylic acids is 1. The van der Waals surface area contributed by atoms with Crippen molar-refractivity contribution >= 4 is 29.3 Å². The van der Waals surface area contributed by atoms with Gasteiger partial charge in [-0.05, 0) is 31.0 Å². The molecule has 1 saturated heterocycles. The van der Waals surface area contributed by atoms with Crippen LogP contribution < -0.4 is 5.32 Å². The molecule has 1 aromatic carbocycles. The van der Waals surface area contributed by atoms with Crippen LogP contribution in [-0.2, 0) is 4.79 Å². The van der Waals surface area contributed by atoms with Gasteiger partial charge in [-0.15, -0.1) is 0 Å². The Labute approximate surface area is 126 Å². The van der Waals surface area contributed by atoms with Crippen molar-refractivity contribution in [2.45, 2.75) is 25.3 Å². The second kappa shape index (κ2) is 6.46. The van der Waals surface area contributed by atoms with Gasteiger partial charge in [-0.25, -0.2) is 4.79 Å². The summed E-state index contributed by atoms with van der Waals surface area (Å²) in [7, 11) is 0. The highest BCUT2D eigenvalue weighted by Crippen LogP contribution is 2.23. The van der Waals surface area contributed by atoms with Gasteiger partial charge in [-0.2, -0.15) is 5.26 Å². The molecule has 0 aliphatic carbocycles. The van der Waals surface area contributed by atoms with Crippen molar-refractivity contribution < 1.29 is 14.7 Å². The number of amides is 2. The fourth-order valence-corrected chi connectivity index (χ4v) is 2.62. The SMILES string of the molecule is N#Cc1ccc(NC(=O)N2CCCC2CC(=O)O)cc1Cl. The minimum absolute atomic E-state index is 0.0540. The van der Waals surface area contributed by atoms with Crippen LogP contribution in [0.25, 0.3) is 0 Å². The van der Waals surface area contributed by atoms with Crippen LogP contribution in [0.5, 0.6) is 0 Å². The standard InChI is InChI=1S/C14H14ClN3O3/c15-12-6-10(4-3-9(12)8-16)17-14(21)18-5-1-2-11(18)7-13(19)20/h3-4,6,11H,1-2,5,7H2,(H,17,21)(H,19,20). The normalized spacial score (nSPS) is 17.3. The van der Waals surface area contributed by atoms with Gasteiger partial charge < -0.3 is 15.3 Å². The number of benzene rings is 1. The fraction of sp³-hybridized carbons (Fsp3) is 0.357. The highest BCUT2D eigenvalue weighted by molar-refractivity contribution is 6.32. The van der Waals surface area contributed by atoms with Gasteiger partial charge in [0.25, 0.3) is 0 Å². The maximum atomic E-state index is 12.2. The Kier molecular flexibility index (Phi) is 4.66. The van der Waals surface area contributed by atoms with E-state index in [9.17, 15) is 9.59 Å². The maximum absolute atomic E-state index is 12.2. The monoisotopic (exact) mass is 307 g/mol. The summed E-state index contributed by atoms with van der Waals surface area (Å²) in [6, 6.07) is 5.92. The summed E-state index contributed by atoms with van der Waals surface area (Å²) < 4.78 is 0. The molecule has 6 nitrogen and oxygen atoms in total. The molecule has 0 spiro atoms. The molecule has 1 aliphatic rings. The maximum Gasteiger partial charge on any atom is 0.322 e. The Morgan fingerprint density at radius 1 is 1.52 bits per heavy atom. The van der Waals surface area contributed by atoms with E-state index < -0.39 is 5.97 Å². The zero-order chi connectivity index (χ0) is 15.4. The molecule has 1 fully saturated rings. The summed E-state index contributed by atoms with van der Waals surface area (Å²) in [4.78, 5) is 24.5. The number of carbonyl (C=O) groups is 2. The second-order valence-corrected chi connectivity index (χ2v) is 5.23. The molecule has 1 atom stereocenters. The van der Waals surface area contributed by atoms with Gasteiger partial charge in [-0.1, -0.05) is 11.6 Å². The number of likely N-dealkylation sites (tertiary alicyclic amines) is 1. The van der Waals surface area contributed by atoms with Crippen LogP contribution in [0, 0.1) is 11.3 Å². The molecule has 1 aromatic rings. The number of rotatable bonds is 3. The lowest BCUT2D eigenvalue weighted by Crippen LogP contribution is -2.39. The first-order chi connectivity index (χ1) is 10.0. The number of hydrogen-bond acceptors (Lipinski definition) is 3. The van der Waals surface area contributed by atoms with Crippen molar-refractivity contribution in [3.63, 3.8) is 0 Å². The predicted molar refractivity (Wildman–Crippen MR) is 77.2 cm³/mol. The van der Waals surface area contributed by atoms with E-state index in [0.29, 0.717) is 24.2 Å². The van der Waals surface area contributed by atoms with Gasteiger partial charge in [0.1, 0.15) is 6.07 Å². The Morgan fingerprint density at radius 2 is 2.29 bits per heavy atom. The average Bonchev–Trinajstić information content (AvgIpc) is 2.86. The van der Waals surface area contributed by atoms with E-state index >= 15 is 0 Å². The number of nitrogens with one attached hydrogen (secondary N) is 1. The molecule has 1 aliphatic heterocycles. The Morgan fingerprint density at radius 3 is 2.90 bits per heavy atom. The number of carboxylic acids is 1. The van der Waals surface area contributed by atoms with E-state index in [0.717, 1.165) is 6.42 Å². The Hall–Kier alpha value is -2.26. The second-order valence-electron chi connectivity index (χ2n) is 4.82. The molecule has 110 valence electrons. The fourth-order valence-electron chi connectivity index (χ4n) is 2.40. The number of aliphatic carboxylic acids is 1. The predicted octanol–water partition coefficient (Wildman–Crippen LogP) is 2.68. The van der Waals surface area contributed by atoms with E-state index in [2.05, 4.69) is 5.32 Å². The van der Waals surface area contributed by atoms with E-state index in [4.69, 9.17) is 22.0 Å². The third-order valence-corrected chi connectivity index (χ3v) is 3.70. The number of urea groups is 1.